The van der Waals surface area contributed by atoms with Gasteiger partial charge in [-0.3, -0.25) is 16.0 Å². The minimum absolute atomic E-state index is 0.0823. The lowest BCUT2D eigenvalue weighted by atomic mass is 10.0. The van der Waals surface area contributed by atoms with Gasteiger partial charge in [-0.05, 0) is 37.6 Å². The van der Waals surface area contributed by atoms with Crippen LogP contribution in [0.1, 0.15) is 29.9 Å². The highest BCUT2D eigenvalue weighted by Gasteiger charge is 2.14. The van der Waals surface area contributed by atoms with Crippen molar-refractivity contribution in [3.05, 3.63) is 51.8 Å². The number of nitrogens with one attached hydrogen (secondary N) is 1. The van der Waals surface area contributed by atoms with Crippen molar-refractivity contribution in [3.8, 4) is 0 Å². The zero-order valence-electron chi connectivity index (χ0n) is 11.2. The van der Waals surface area contributed by atoms with Gasteiger partial charge in [0.2, 0.25) is 0 Å². The summed E-state index contributed by atoms with van der Waals surface area (Å²) in [5, 5.41) is 4.47. The highest BCUT2D eigenvalue weighted by molar-refractivity contribution is 9.10. The number of hydrazine groups is 1. The summed E-state index contributed by atoms with van der Waals surface area (Å²) < 4.78 is 3.09. The van der Waals surface area contributed by atoms with E-state index < -0.39 is 0 Å². The van der Waals surface area contributed by atoms with E-state index >= 15 is 0 Å². The Hall–Kier alpha value is -1.17. The fraction of sp³-hybridized carbons (Fsp3) is 0.357. The van der Waals surface area contributed by atoms with Gasteiger partial charge in [0, 0.05) is 23.1 Å². The summed E-state index contributed by atoms with van der Waals surface area (Å²) in [5.74, 6) is 5.71. The van der Waals surface area contributed by atoms with Gasteiger partial charge < -0.3 is 0 Å². The molecule has 4 nitrogen and oxygen atoms in total. The van der Waals surface area contributed by atoms with Crippen molar-refractivity contribution in [2.24, 2.45) is 5.84 Å². The Morgan fingerprint density at radius 2 is 2.21 bits per heavy atom. The fourth-order valence-corrected chi connectivity index (χ4v) is 2.66. The number of aryl methyl sites for hydroxylation is 2. The van der Waals surface area contributed by atoms with Crippen molar-refractivity contribution in [1.82, 2.24) is 15.2 Å². The maximum Gasteiger partial charge on any atom is 0.0596 e. The van der Waals surface area contributed by atoms with Gasteiger partial charge in [-0.1, -0.05) is 28.1 Å². The molecule has 0 aliphatic rings. The van der Waals surface area contributed by atoms with E-state index in [0.29, 0.717) is 0 Å². The van der Waals surface area contributed by atoms with E-state index in [9.17, 15) is 0 Å². The summed E-state index contributed by atoms with van der Waals surface area (Å²) in [7, 11) is 0. The third kappa shape index (κ3) is 3.43. The zero-order valence-corrected chi connectivity index (χ0v) is 12.8. The van der Waals surface area contributed by atoms with Crippen LogP contribution in [0.25, 0.3) is 0 Å². The van der Waals surface area contributed by atoms with E-state index in [1.807, 2.05) is 23.7 Å². The highest BCUT2D eigenvalue weighted by atomic mass is 79.9. The van der Waals surface area contributed by atoms with E-state index in [4.69, 9.17) is 5.84 Å². The molecule has 3 N–H and O–H groups in total. The minimum Gasteiger partial charge on any atom is -0.271 e. The van der Waals surface area contributed by atoms with Crippen LogP contribution < -0.4 is 11.3 Å². The molecule has 0 spiro atoms. The Labute approximate surface area is 122 Å². The summed E-state index contributed by atoms with van der Waals surface area (Å²) in [6.45, 7) is 4.98. The number of hydrogen-bond donors (Lipinski definition) is 2. The Morgan fingerprint density at radius 3 is 2.84 bits per heavy atom. The predicted octanol–water partition coefficient (Wildman–Crippen LogP) is 2.72. The lowest BCUT2D eigenvalue weighted by molar-refractivity contribution is 0.517. The first-order chi connectivity index (χ1) is 9.13. The fourth-order valence-electron chi connectivity index (χ4n) is 2.24. The summed E-state index contributed by atoms with van der Waals surface area (Å²) in [6.07, 6.45) is 0.821. The third-order valence-electron chi connectivity index (χ3n) is 3.15. The molecular formula is C14H19BrN4. The van der Waals surface area contributed by atoms with Crippen LogP contribution in [0, 0.1) is 6.92 Å². The van der Waals surface area contributed by atoms with Crippen LogP contribution in [0.4, 0.5) is 0 Å². The lowest BCUT2D eigenvalue weighted by Crippen LogP contribution is -2.30. The molecule has 102 valence electrons. The quantitative estimate of drug-likeness (QED) is 0.657. The summed E-state index contributed by atoms with van der Waals surface area (Å²) in [5.41, 5.74) is 6.30. The molecule has 0 fully saturated rings. The molecule has 0 amide bonds. The zero-order chi connectivity index (χ0) is 13.8. The normalized spacial score (nSPS) is 12.6. The van der Waals surface area contributed by atoms with Gasteiger partial charge in [-0.2, -0.15) is 5.10 Å². The van der Waals surface area contributed by atoms with Crippen molar-refractivity contribution < 1.29 is 0 Å². The maximum absolute atomic E-state index is 5.71. The van der Waals surface area contributed by atoms with Crippen LogP contribution >= 0.6 is 15.9 Å². The molecule has 0 aliphatic carbocycles. The minimum atomic E-state index is 0.0823. The van der Waals surface area contributed by atoms with Gasteiger partial charge in [0.1, 0.15) is 0 Å². The van der Waals surface area contributed by atoms with Gasteiger partial charge >= 0.3 is 0 Å². The molecule has 2 aromatic rings. The highest BCUT2D eigenvalue weighted by Crippen LogP contribution is 2.21. The molecule has 5 heteroatoms. The van der Waals surface area contributed by atoms with Gasteiger partial charge in [0.25, 0.3) is 0 Å². The molecule has 0 aliphatic heterocycles. The van der Waals surface area contributed by atoms with Gasteiger partial charge in [0.15, 0.2) is 0 Å². The first kappa shape index (κ1) is 14.2. The third-order valence-corrected chi connectivity index (χ3v) is 3.64. The van der Waals surface area contributed by atoms with Crippen molar-refractivity contribution in [3.63, 3.8) is 0 Å². The number of halogens is 1. The molecule has 1 heterocycles. The second-order valence-electron chi connectivity index (χ2n) is 4.57. The second kappa shape index (κ2) is 6.32. The van der Waals surface area contributed by atoms with Crippen molar-refractivity contribution in [2.45, 2.75) is 32.9 Å². The van der Waals surface area contributed by atoms with Crippen LogP contribution in [-0.2, 0) is 13.0 Å². The van der Waals surface area contributed by atoms with Crippen molar-refractivity contribution in [1.29, 1.82) is 0 Å². The molecule has 1 aromatic heterocycles. The Bertz CT molecular complexity index is 550. The molecule has 1 atom stereocenters. The smallest absolute Gasteiger partial charge is 0.0596 e. The van der Waals surface area contributed by atoms with E-state index in [1.54, 1.807) is 0 Å². The Balaban J connectivity index is 2.23. The average Bonchev–Trinajstić information content (AvgIpc) is 2.76. The van der Waals surface area contributed by atoms with Gasteiger partial charge in [0.05, 0.1) is 11.7 Å². The van der Waals surface area contributed by atoms with Crippen molar-refractivity contribution in [2.75, 3.05) is 0 Å². The van der Waals surface area contributed by atoms with Crippen LogP contribution in [-0.4, -0.2) is 9.78 Å². The number of hydrogen-bond acceptors (Lipinski definition) is 3. The number of nitrogens with zero attached hydrogens (tertiary/aromatic N) is 2. The predicted molar refractivity (Wildman–Crippen MR) is 80.5 cm³/mol. The molecule has 2 rings (SSSR count). The molecule has 0 saturated carbocycles. The number of aromatic nitrogens is 2. The lowest BCUT2D eigenvalue weighted by Gasteiger charge is -2.17. The Kier molecular flexibility index (Phi) is 4.74. The molecular weight excluding hydrogens is 304 g/mol. The van der Waals surface area contributed by atoms with E-state index in [-0.39, 0.29) is 6.04 Å². The molecule has 1 aromatic carbocycles. The molecule has 0 saturated heterocycles. The summed E-state index contributed by atoms with van der Waals surface area (Å²) in [6, 6.07) is 10.4. The van der Waals surface area contributed by atoms with Gasteiger partial charge in [-0.25, -0.2) is 0 Å². The Morgan fingerprint density at radius 1 is 1.42 bits per heavy atom. The number of benzene rings is 1. The topological polar surface area (TPSA) is 55.9 Å². The standard InChI is InChI=1S/C14H19BrN4/c1-3-19-13(7-10(2)18-19)9-14(17-16)11-5-4-6-12(15)8-11/h4-8,14,17H,3,9,16H2,1-2H3. The van der Waals surface area contributed by atoms with Crippen molar-refractivity contribution >= 4 is 15.9 Å². The number of nitrogens with two attached hydrogens (primary N) is 1. The van der Waals surface area contributed by atoms with Crippen LogP contribution in [0.3, 0.4) is 0 Å². The largest absolute Gasteiger partial charge is 0.271 e. The van der Waals surface area contributed by atoms with Gasteiger partial charge in [-0.15, -0.1) is 0 Å². The monoisotopic (exact) mass is 322 g/mol. The average molecular weight is 323 g/mol. The molecule has 0 radical (unpaired) electrons. The summed E-state index contributed by atoms with van der Waals surface area (Å²) in [4.78, 5) is 0. The first-order valence-electron chi connectivity index (χ1n) is 6.39. The van der Waals surface area contributed by atoms with Crippen LogP contribution in [0.15, 0.2) is 34.8 Å². The molecule has 19 heavy (non-hydrogen) atoms. The SMILES string of the molecule is CCn1nc(C)cc1CC(NN)c1cccc(Br)c1. The van der Waals surface area contributed by atoms with Crippen LogP contribution in [0.5, 0.6) is 0 Å². The second-order valence-corrected chi connectivity index (χ2v) is 5.49. The number of rotatable bonds is 5. The van der Waals surface area contributed by atoms with E-state index in [2.05, 4.69) is 51.6 Å². The molecule has 0 bridgehead atoms. The van der Waals surface area contributed by atoms with E-state index in [1.165, 1.54) is 11.3 Å². The maximum atomic E-state index is 5.71. The van der Waals surface area contributed by atoms with E-state index in [0.717, 1.165) is 23.1 Å². The van der Waals surface area contributed by atoms with Crippen LogP contribution in [0.2, 0.25) is 0 Å². The summed E-state index contributed by atoms with van der Waals surface area (Å²) >= 11 is 3.49. The molecule has 1 unspecified atom stereocenters. The first-order valence-corrected chi connectivity index (χ1v) is 7.18.